The van der Waals surface area contributed by atoms with Gasteiger partial charge in [-0.05, 0) is 29.7 Å². The largest absolute Gasteiger partial charge is 0.339 e. The smallest absolute Gasteiger partial charge is 0.253 e. The van der Waals surface area contributed by atoms with E-state index in [9.17, 15) is 9.59 Å². The second-order valence-corrected chi connectivity index (χ2v) is 7.99. The predicted molar refractivity (Wildman–Crippen MR) is 111 cm³/mol. The Morgan fingerprint density at radius 1 is 1.07 bits per heavy atom. The highest BCUT2D eigenvalue weighted by molar-refractivity contribution is 5.94. The number of piperazine rings is 1. The summed E-state index contributed by atoms with van der Waals surface area (Å²) in [4.78, 5) is 29.7. The van der Waals surface area contributed by atoms with E-state index in [2.05, 4.69) is 17.3 Å². The lowest BCUT2D eigenvalue weighted by atomic mass is 9.89. The maximum Gasteiger partial charge on any atom is 0.253 e. The summed E-state index contributed by atoms with van der Waals surface area (Å²) in [5.41, 5.74) is 3.06. The molecule has 29 heavy (non-hydrogen) atoms. The molecule has 2 aliphatic rings. The van der Waals surface area contributed by atoms with Crippen LogP contribution in [0, 0.1) is 5.92 Å². The first-order valence-corrected chi connectivity index (χ1v) is 10.4. The molecule has 0 unspecified atom stereocenters. The van der Waals surface area contributed by atoms with Gasteiger partial charge in [-0.25, -0.2) is 0 Å². The fourth-order valence-electron chi connectivity index (χ4n) is 4.35. The number of carbonyl (C=O) groups excluding carboxylic acids is 2. The molecule has 1 aromatic carbocycles. The van der Waals surface area contributed by atoms with Crippen LogP contribution < -0.4 is 5.32 Å². The van der Waals surface area contributed by atoms with Crippen molar-refractivity contribution < 1.29 is 9.59 Å². The third-order valence-corrected chi connectivity index (χ3v) is 6.17. The lowest BCUT2D eigenvalue weighted by Gasteiger charge is -2.36. The van der Waals surface area contributed by atoms with Gasteiger partial charge in [0.2, 0.25) is 5.91 Å². The number of nitrogens with one attached hydrogen (secondary N) is 1. The molecule has 0 saturated carbocycles. The third-order valence-electron chi connectivity index (χ3n) is 6.17. The molecular weight excluding hydrogens is 366 g/mol. The first-order chi connectivity index (χ1) is 14.1. The van der Waals surface area contributed by atoms with Crippen LogP contribution in [0.25, 0.3) is 0 Å². The van der Waals surface area contributed by atoms with E-state index in [0.29, 0.717) is 32.7 Å². The summed E-state index contributed by atoms with van der Waals surface area (Å²) in [5, 5.41) is 7.62. The molecule has 0 aliphatic carbocycles. The molecule has 154 valence electrons. The monoisotopic (exact) mass is 395 g/mol. The molecule has 2 aromatic rings. The number of aryl methyl sites for hydroxylation is 2. The van der Waals surface area contributed by atoms with E-state index in [1.807, 2.05) is 53.5 Å². The van der Waals surface area contributed by atoms with E-state index in [1.54, 1.807) is 4.68 Å². The molecule has 0 radical (unpaired) electrons. The molecule has 2 saturated heterocycles. The Morgan fingerprint density at radius 2 is 1.76 bits per heavy atom. The van der Waals surface area contributed by atoms with Crippen LogP contribution in [0.5, 0.6) is 0 Å². The zero-order valence-corrected chi connectivity index (χ0v) is 17.2. The van der Waals surface area contributed by atoms with Gasteiger partial charge in [0, 0.05) is 64.0 Å². The first-order valence-electron chi connectivity index (χ1n) is 10.4. The van der Waals surface area contributed by atoms with Crippen molar-refractivity contribution >= 4 is 11.8 Å². The summed E-state index contributed by atoms with van der Waals surface area (Å²) in [7, 11) is 1.90. The van der Waals surface area contributed by atoms with Crippen LogP contribution in [-0.4, -0.2) is 70.7 Å². The molecule has 2 fully saturated rings. The quantitative estimate of drug-likeness (QED) is 0.847. The topological polar surface area (TPSA) is 70.5 Å². The van der Waals surface area contributed by atoms with E-state index < -0.39 is 0 Å². The predicted octanol–water partition coefficient (Wildman–Crippen LogP) is 1.27. The molecule has 1 aromatic heterocycles. The molecule has 0 bridgehead atoms. The van der Waals surface area contributed by atoms with Crippen LogP contribution in [0.4, 0.5) is 0 Å². The van der Waals surface area contributed by atoms with Crippen LogP contribution >= 0.6 is 0 Å². The van der Waals surface area contributed by atoms with Crippen molar-refractivity contribution in [1.29, 1.82) is 0 Å². The molecule has 4 rings (SSSR count). The van der Waals surface area contributed by atoms with E-state index in [0.717, 1.165) is 24.1 Å². The van der Waals surface area contributed by atoms with Crippen molar-refractivity contribution in [1.82, 2.24) is 24.9 Å². The van der Waals surface area contributed by atoms with Gasteiger partial charge in [-0.15, -0.1) is 0 Å². The number of carbonyl (C=O) groups is 2. The van der Waals surface area contributed by atoms with Crippen LogP contribution in [0.2, 0.25) is 0 Å². The second-order valence-electron chi connectivity index (χ2n) is 7.99. The zero-order chi connectivity index (χ0) is 20.4. The molecule has 0 spiro atoms. The highest BCUT2D eigenvalue weighted by Crippen LogP contribution is 2.29. The van der Waals surface area contributed by atoms with Crippen LogP contribution in [-0.2, 0) is 18.3 Å². The van der Waals surface area contributed by atoms with Gasteiger partial charge in [-0.1, -0.05) is 19.1 Å². The highest BCUT2D eigenvalue weighted by atomic mass is 16.2. The number of benzene rings is 1. The van der Waals surface area contributed by atoms with Gasteiger partial charge in [0.05, 0.1) is 12.1 Å². The fraction of sp³-hybridized carbons (Fsp3) is 0.500. The van der Waals surface area contributed by atoms with Crippen molar-refractivity contribution in [3.63, 3.8) is 0 Å². The average molecular weight is 396 g/mol. The van der Waals surface area contributed by atoms with Gasteiger partial charge in [-0.3, -0.25) is 14.3 Å². The zero-order valence-electron chi connectivity index (χ0n) is 17.2. The van der Waals surface area contributed by atoms with Crippen LogP contribution in [0.15, 0.2) is 36.7 Å². The number of aromatic nitrogens is 2. The Labute approximate surface area is 171 Å². The fourth-order valence-corrected chi connectivity index (χ4v) is 4.35. The Balaban J connectivity index is 1.36. The van der Waals surface area contributed by atoms with E-state index >= 15 is 0 Å². The second kappa shape index (κ2) is 8.37. The third kappa shape index (κ3) is 4.05. The summed E-state index contributed by atoms with van der Waals surface area (Å²) >= 11 is 0. The normalized spacial score (nSPS) is 22.1. The van der Waals surface area contributed by atoms with Gasteiger partial charge >= 0.3 is 0 Å². The van der Waals surface area contributed by atoms with Crippen LogP contribution in [0.3, 0.4) is 0 Å². The minimum absolute atomic E-state index is 0.0514. The number of hydrogen-bond donors (Lipinski definition) is 1. The Kier molecular flexibility index (Phi) is 5.67. The lowest BCUT2D eigenvalue weighted by molar-refractivity contribution is -0.136. The van der Waals surface area contributed by atoms with E-state index in [4.69, 9.17) is 0 Å². The van der Waals surface area contributed by atoms with Gasteiger partial charge in [0.25, 0.3) is 5.91 Å². The van der Waals surface area contributed by atoms with Gasteiger partial charge in [-0.2, -0.15) is 5.10 Å². The molecule has 3 heterocycles. The van der Waals surface area contributed by atoms with Gasteiger partial charge in [0.15, 0.2) is 0 Å². The molecule has 2 aliphatic heterocycles. The SMILES string of the molecule is CCc1ccc(C(=O)N2CCN(C(=O)[C@H]3CNC[C@@H]3c3cnn(C)c3)CC2)cc1. The van der Waals surface area contributed by atoms with Crippen molar-refractivity contribution in [2.45, 2.75) is 19.3 Å². The van der Waals surface area contributed by atoms with Crippen molar-refractivity contribution in [2.24, 2.45) is 13.0 Å². The van der Waals surface area contributed by atoms with Crippen molar-refractivity contribution in [3.05, 3.63) is 53.3 Å². The number of amides is 2. The summed E-state index contributed by atoms with van der Waals surface area (Å²) in [6.45, 7) is 5.94. The molecule has 7 heteroatoms. The Hall–Kier alpha value is -2.67. The van der Waals surface area contributed by atoms with Gasteiger partial charge < -0.3 is 15.1 Å². The van der Waals surface area contributed by atoms with E-state index in [1.165, 1.54) is 5.56 Å². The standard InChI is InChI=1S/C22H29N5O2/c1-3-16-4-6-17(7-5-16)21(28)26-8-10-27(11-9-26)22(29)20-14-23-13-19(20)18-12-24-25(2)15-18/h4-7,12,15,19-20,23H,3,8-11,13-14H2,1-2H3/t19-,20+/m1/s1. The maximum absolute atomic E-state index is 13.2. The Bertz CT molecular complexity index is 868. The maximum atomic E-state index is 13.2. The minimum Gasteiger partial charge on any atom is -0.339 e. The van der Waals surface area contributed by atoms with Crippen LogP contribution in [0.1, 0.15) is 34.3 Å². The summed E-state index contributed by atoms with van der Waals surface area (Å²) < 4.78 is 1.78. The first kappa shape index (κ1) is 19.6. The summed E-state index contributed by atoms with van der Waals surface area (Å²) in [6, 6.07) is 7.83. The summed E-state index contributed by atoms with van der Waals surface area (Å²) in [6.07, 6.45) is 4.82. The highest BCUT2D eigenvalue weighted by Gasteiger charge is 2.38. The molecule has 7 nitrogen and oxygen atoms in total. The van der Waals surface area contributed by atoms with Crippen molar-refractivity contribution in [2.75, 3.05) is 39.3 Å². The lowest BCUT2D eigenvalue weighted by Crippen LogP contribution is -2.52. The number of hydrogen-bond acceptors (Lipinski definition) is 4. The molecule has 1 N–H and O–H groups in total. The average Bonchev–Trinajstić information content (AvgIpc) is 3.42. The number of rotatable bonds is 4. The Morgan fingerprint density at radius 3 is 2.38 bits per heavy atom. The van der Waals surface area contributed by atoms with Gasteiger partial charge in [0.1, 0.15) is 0 Å². The molecule has 2 atom stereocenters. The van der Waals surface area contributed by atoms with Crippen molar-refractivity contribution in [3.8, 4) is 0 Å². The van der Waals surface area contributed by atoms with E-state index in [-0.39, 0.29) is 23.7 Å². The molecular formula is C22H29N5O2. The summed E-state index contributed by atoms with van der Waals surface area (Å²) in [5.74, 6) is 0.328. The minimum atomic E-state index is -0.0666. The molecule has 2 amide bonds. The number of nitrogens with zero attached hydrogens (tertiary/aromatic N) is 4.